The van der Waals surface area contributed by atoms with E-state index in [0.717, 1.165) is 35.6 Å². The van der Waals surface area contributed by atoms with Crippen LogP contribution in [0.2, 0.25) is 0 Å². The van der Waals surface area contributed by atoms with Crippen LogP contribution in [0, 0.1) is 0 Å². The lowest BCUT2D eigenvalue weighted by atomic mass is 9.79. The zero-order valence-electron chi connectivity index (χ0n) is 15.3. The van der Waals surface area contributed by atoms with Gasteiger partial charge in [0.15, 0.2) is 5.76 Å². The minimum Gasteiger partial charge on any atom is -0.439 e. The number of nitrogens with one attached hydrogen (secondary N) is 1. The molecular weight excluding hydrogens is 315 g/mol. The van der Waals surface area contributed by atoms with E-state index in [1.807, 2.05) is 24.3 Å². The Labute approximate surface area is 149 Å². The predicted octanol–water partition coefficient (Wildman–Crippen LogP) is 3.07. The third-order valence-corrected chi connectivity index (χ3v) is 5.60. The van der Waals surface area contributed by atoms with Crippen molar-refractivity contribution in [2.75, 3.05) is 6.54 Å². The van der Waals surface area contributed by atoms with Gasteiger partial charge in [0.25, 0.3) is 0 Å². The van der Waals surface area contributed by atoms with E-state index in [1.165, 1.54) is 6.42 Å². The normalized spacial score (nSPS) is 24.8. The fraction of sp³-hybridized carbons (Fsp3) is 0.526. The van der Waals surface area contributed by atoms with Gasteiger partial charge in [-0.05, 0) is 52.5 Å². The minimum absolute atomic E-state index is 0.248. The van der Waals surface area contributed by atoms with E-state index in [4.69, 9.17) is 13.7 Å². The topological polar surface area (TPSA) is 56.5 Å². The van der Waals surface area contributed by atoms with E-state index in [9.17, 15) is 0 Å². The van der Waals surface area contributed by atoms with Gasteiger partial charge in [0.2, 0.25) is 5.89 Å². The average molecular weight is 340 g/mol. The molecule has 2 aliphatic heterocycles. The number of benzene rings is 1. The number of rotatable bonds is 3. The summed E-state index contributed by atoms with van der Waals surface area (Å²) < 4.78 is 18.2. The second-order valence-corrected chi connectivity index (χ2v) is 7.92. The number of hydrogen-bond donors (Lipinski definition) is 1. The van der Waals surface area contributed by atoms with Gasteiger partial charge in [0, 0.05) is 5.56 Å². The van der Waals surface area contributed by atoms with Crippen molar-refractivity contribution in [1.29, 1.82) is 0 Å². The van der Waals surface area contributed by atoms with Crippen LogP contribution in [0.1, 0.15) is 52.5 Å². The number of oxazole rings is 1. The summed E-state index contributed by atoms with van der Waals surface area (Å²) >= 11 is 0. The maximum Gasteiger partial charge on any atom is 0.494 e. The van der Waals surface area contributed by atoms with Crippen LogP contribution in [0.4, 0.5) is 0 Å². The van der Waals surface area contributed by atoms with E-state index in [0.29, 0.717) is 0 Å². The highest BCUT2D eigenvalue weighted by atomic mass is 16.7. The van der Waals surface area contributed by atoms with Gasteiger partial charge in [0.1, 0.15) is 0 Å². The van der Waals surface area contributed by atoms with Crippen LogP contribution in [0.3, 0.4) is 0 Å². The van der Waals surface area contributed by atoms with E-state index >= 15 is 0 Å². The molecule has 25 heavy (non-hydrogen) atoms. The first-order chi connectivity index (χ1) is 11.9. The Kier molecular flexibility index (Phi) is 4.02. The molecule has 6 heteroatoms. The number of aromatic nitrogens is 1. The van der Waals surface area contributed by atoms with Crippen molar-refractivity contribution in [3.05, 3.63) is 36.4 Å². The molecule has 1 aromatic carbocycles. The van der Waals surface area contributed by atoms with Gasteiger partial charge in [-0.15, -0.1) is 0 Å². The molecule has 1 atom stereocenters. The Bertz CT molecular complexity index is 732. The largest absolute Gasteiger partial charge is 0.494 e. The van der Waals surface area contributed by atoms with Gasteiger partial charge in [0.05, 0.1) is 23.4 Å². The van der Waals surface area contributed by atoms with Crippen molar-refractivity contribution < 1.29 is 13.7 Å². The van der Waals surface area contributed by atoms with Gasteiger partial charge >= 0.3 is 7.12 Å². The van der Waals surface area contributed by atoms with E-state index in [2.05, 4.69) is 38.0 Å². The molecule has 132 valence electrons. The lowest BCUT2D eigenvalue weighted by Crippen LogP contribution is -2.41. The van der Waals surface area contributed by atoms with Crippen molar-refractivity contribution in [2.45, 2.75) is 57.8 Å². The van der Waals surface area contributed by atoms with Crippen LogP contribution >= 0.6 is 0 Å². The summed E-state index contributed by atoms with van der Waals surface area (Å²) in [5.41, 5.74) is 1.37. The van der Waals surface area contributed by atoms with Gasteiger partial charge < -0.3 is 19.0 Å². The highest BCUT2D eigenvalue weighted by molar-refractivity contribution is 6.62. The summed E-state index contributed by atoms with van der Waals surface area (Å²) in [5.74, 6) is 1.58. The summed E-state index contributed by atoms with van der Waals surface area (Å²) in [7, 11) is -0.341. The molecule has 0 saturated carbocycles. The summed E-state index contributed by atoms with van der Waals surface area (Å²) in [5, 5.41) is 3.41. The number of nitrogens with zero attached hydrogens (tertiary/aromatic N) is 1. The third-order valence-electron chi connectivity index (χ3n) is 5.60. The Morgan fingerprint density at radius 3 is 2.36 bits per heavy atom. The monoisotopic (exact) mass is 340 g/mol. The molecular formula is C19H25BN2O3. The zero-order valence-corrected chi connectivity index (χ0v) is 15.3. The van der Waals surface area contributed by atoms with E-state index < -0.39 is 0 Å². The number of hydrogen-bond acceptors (Lipinski definition) is 5. The van der Waals surface area contributed by atoms with Crippen LogP contribution in [0.25, 0.3) is 11.3 Å². The van der Waals surface area contributed by atoms with Gasteiger partial charge in [-0.2, -0.15) is 0 Å². The molecule has 1 N–H and O–H groups in total. The van der Waals surface area contributed by atoms with Gasteiger partial charge in [-0.25, -0.2) is 4.98 Å². The molecule has 0 aliphatic carbocycles. The molecule has 2 saturated heterocycles. The molecule has 0 spiro atoms. The molecule has 1 aromatic heterocycles. The second kappa shape index (κ2) is 5.97. The van der Waals surface area contributed by atoms with Gasteiger partial charge in [-0.1, -0.05) is 24.3 Å². The molecule has 0 radical (unpaired) electrons. The molecule has 4 rings (SSSR count). The van der Waals surface area contributed by atoms with Crippen LogP contribution in [-0.2, 0) is 9.31 Å². The highest BCUT2D eigenvalue weighted by Crippen LogP contribution is 2.36. The van der Waals surface area contributed by atoms with Crippen LogP contribution in [-0.4, -0.2) is 29.8 Å². The summed E-state index contributed by atoms with van der Waals surface area (Å²) in [4.78, 5) is 4.43. The average Bonchev–Trinajstić information content (AvgIpc) is 3.28. The molecule has 2 fully saturated rings. The summed E-state index contributed by atoms with van der Waals surface area (Å²) in [6.45, 7) is 9.29. The van der Waals surface area contributed by atoms with Crippen LogP contribution < -0.4 is 10.8 Å². The molecule has 0 unspecified atom stereocenters. The third kappa shape index (κ3) is 3.03. The summed E-state index contributed by atoms with van der Waals surface area (Å²) in [6.07, 6.45) is 4.06. The molecule has 2 aromatic rings. The van der Waals surface area contributed by atoms with Gasteiger partial charge in [-0.3, -0.25) is 0 Å². The first-order valence-electron chi connectivity index (χ1n) is 9.01. The van der Waals surface area contributed by atoms with E-state index in [1.54, 1.807) is 6.20 Å². The maximum absolute atomic E-state index is 6.10. The van der Waals surface area contributed by atoms with Crippen molar-refractivity contribution in [3.8, 4) is 11.3 Å². The SMILES string of the molecule is CC1(C)OB(c2ccc(-c3cnc([C@@H]4CCCN4)o3)cc2)OC1(C)C. The quantitative estimate of drug-likeness (QED) is 0.871. The van der Waals surface area contributed by atoms with Crippen molar-refractivity contribution in [1.82, 2.24) is 10.3 Å². The minimum atomic E-state index is -0.341. The first kappa shape index (κ1) is 16.8. The standard InChI is InChI=1S/C19H25BN2O3/c1-18(2)19(3,4)25-20(24-18)14-9-7-13(8-10-14)16-12-22-17(23-16)15-6-5-11-21-15/h7-10,12,15,21H,5-6,11H2,1-4H3/t15-/m0/s1. The fourth-order valence-corrected chi connectivity index (χ4v) is 3.26. The van der Waals surface area contributed by atoms with Crippen LogP contribution in [0.15, 0.2) is 34.9 Å². The lowest BCUT2D eigenvalue weighted by molar-refractivity contribution is 0.00578. The summed E-state index contributed by atoms with van der Waals surface area (Å²) in [6, 6.07) is 8.39. The molecule has 0 amide bonds. The lowest BCUT2D eigenvalue weighted by Gasteiger charge is -2.32. The van der Waals surface area contributed by atoms with Crippen LogP contribution in [0.5, 0.6) is 0 Å². The molecule has 0 bridgehead atoms. The van der Waals surface area contributed by atoms with E-state index in [-0.39, 0.29) is 24.4 Å². The molecule has 5 nitrogen and oxygen atoms in total. The zero-order chi connectivity index (χ0) is 17.7. The maximum atomic E-state index is 6.10. The highest BCUT2D eigenvalue weighted by Gasteiger charge is 2.51. The predicted molar refractivity (Wildman–Crippen MR) is 97.6 cm³/mol. The Hall–Kier alpha value is -1.63. The second-order valence-electron chi connectivity index (χ2n) is 7.92. The Morgan fingerprint density at radius 1 is 1.08 bits per heavy atom. The molecule has 3 heterocycles. The smallest absolute Gasteiger partial charge is 0.439 e. The van der Waals surface area contributed by atoms with Crippen molar-refractivity contribution in [2.24, 2.45) is 0 Å². The Balaban J connectivity index is 1.51. The Morgan fingerprint density at radius 2 is 1.76 bits per heavy atom. The fourth-order valence-electron chi connectivity index (χ4n) is 3.26. The first-order valence-corrected chi connectivity index (χ1v) is 9.01. The van der Waals surface area contributed by atoms with Crippen molar-refractivity contribution >= 4 is 12.6 Å². The molecule has 2 aliphatic rings. The van der Waals surface area contributed by atoms with Crippen molar-refractivity contribution in [3.63, 3.8) is 0 Å².